The van der Waals surface area contributed by atoms with Crippen LogP contribution in [0.5, 0.6) is 0 Å². The molecule has 0 saturated heterocycles. The lowest BCUT2D eigenvalue weighted by atomic mass is 9.92. The van der Waals surface area contributed by atoms with E-state index in [-0.39, 0.29) is 16.2 Å². The molecule has 1 amide bonds. The van der Waals surface area contributed by atoms with Gasteiger partial charge in [-0.2, -0.15) is 4.31 Å². The van der Waals surface area contributed by atoms with Crippen LogP contribution in [0, 0.1) is 5.41 Å². The first kappa shape index (κ1) is 19.6. The molecule has 1 aromatic carbocycles. The Kier molecular flexibility index (Phi) is 6.77. The van der Waals surface area contributed by atoms with Crippen molar-refractivity contribution in [1.29, 1.82) is 0 Å². The normalized spacial score (nSPS) is 12.4. The van der Waals surface area contributed by atoms with E-state index in [1.807, 2.05) is 34.6 Å². The van der Waals surface area contributed by atoms with Gasteiger partial charge in [-0.25, -0.2) is 8.42 Å². The van der Waals surface area contributed by atoms with E-state index >= 15 is 0 Å². The average molecular weight is 340 g/mol. The molecule has 5 nitrogen and oxygen atoms in total. The zero-order chi connectivity index (χ0) is 17.7. The highest BCUT2D eigenvalue weighted by molar-refractivity contribution is 7.89. The van der Waals surface area contributed by atoms with Gasteiger partial charge >= 0.3 is 0 Å². The number of rotatable bonds is 7. The fourth-order valence-corrected chi connectivity index (χ4v) is 3.69. The van der Waals surface area contributed by atoms with Crippen LogP contribution in [0.25, 0.3) is 0 Å². The fourth-order valence-electron chi connectivity index (χ4n) is 2.24. The molecule has 1 aromatic rings. The maximum Gasteiger partial charge on any atom is 0.243 e. The van der Waals surface area contributed by atoms with E-state index in [2.05, 4.69) is 5.32 Å². The lowest BCUT2D eigenvalue weighted by Crippen LogP contribution is -2.30. The highest BCUT2D eigenvalue weighted by atomic mass is 32.2. The smallest absolute Gasteiger partial charge is 0.243 e. The minimum Gasteiger partial charge on any atom is -0.352 e. The van der Waals surface area contributed by atoms with Crippen molar-refractivity contribution in [1.82, 2.24) is 9.62 Å². The molecule has 0 unspecified atom stereocenters. The predicted octanol–water partition coefficient (Wildman–Crippen LogP) is 2.77. The summed E-state index contributed by atoms with van der Waals surface area (Å²) >= 11 is 0. The molecular formula is C17H28N2O3S. The van der Waals surface area contributed by atoms with E-state index in [0.29, 0.717) is 26.1 Å². The molecular weight excluding hydrogens is 312 g/mol. The molecule has 1 rings (SSSR count). The van der Waals surface area contributed by atoms with Crippen LogP contribution in [-0.2, 0) is 21.4 Å². The maximum absolute atomic E-state index is 12.4. The molecule has 130 valence electrons. The zero-order valence-corrected chi connectivity index (χ0v) is 15.5. The number of nitrogens with one attached hydrogen (secondary N) is 1. The molecule has 0 aliphatic heterocycles. The Bertz CT molecular complexity index is 612. The molecule has 0 bridgehead atoms. The summed E-state index contributed by atoms with van der Waals surface area (Å²) in [6.45, 7) is 11.0. The third-order valence-corrected chi connectivity index (χ3v) is 5.51. The van der Waals surface area contributed by atoms with Crippen LogP contribution >= 0.6 is 0 Å². The molecule has 0 fully saturated rings. The van der Waals surface area contributed by atoms with Gasteiger partial charge in [-0.05, 0) is 23.1 Å². The monoisotopic (exact) mass is 340 g/mol. The van der Waals surface area contributed by atoms with Crippen molar-refractivity contribution in [3.8, 4) is 0 Å². The van der Waals surface area contributed by atoms with E-state index in [1.165, 1.54) is 4.31 Å². The number of nitrogens with zero attached hydrogens (tertiary/aromatic N) is 1. The second kappa shape index (κ2) is 7.93. The van der Waals surface area contributed by atoms with Gasteiger partial charge in [-0.15, -0.1) is 0 Å². The van der Waals surface area contributed by atoms with E-state index in [9.17, 15) is 13.2 Å². The minimum absolute atomic E-state index is 0.00246. The van der Waals surface area contributed by atoms with Crippen molar-refractivity contribution in [2.45, 2.75) is 52.5 Å². The molecule has 0 aliphatic rings. The fraction of sp³-hybridized carbons (Fsp3) is 0.588. The second-order valence-electron chi connectivity index (χ2n) is 6.75. The number of carbonyl (C=O) groups is 1. The average Bonchev–Trinajstić information content (AvgIpc) is 2.45. The SMILES string of the molecule is CCN(CC)S(=O)(=O)c1ccc(CNC(=O)CC(C)(C)C)cc1. The van der Waals surface area contributed by atoms with E-state index in [0.717, 1.165) is 5.56 Å². The molecule has 1 N–H and O–H groups in total. The van der Waals surface area contributed by atoms with E-state index < -0.39 is 10.0 Å². The van der Waals surface area contributed by atoms with Gasteiger partial charge in [0.05, 0.1) is 4.90 Å². The van der Waals surface area contributed by atoms with Crippen LogP contribution in [-0.4, -0.2) is 31.7 Å². The first-order chi connectivity index (χ1) is 10.6. The van der Waals surface area contributed by atoms with Crippen molar-refractivity contribution in [2.24, 2.45) is 5.41 Å². The van der Waals surface area contributed by atoms with E-state index in [4.69, 9.17) is 0 Å². The molecule has 0 aromatic heterocycles. The van der Waals surface area contributed by atoms with E-state index in [1.54, 1.807) is 24.3 Å². The summed E-state index contributed by atoms with van der Waals surface area (Å²) in [5, 5.41) is 2.86. The van der Waals surface area contributed by atoms with Gasteiger partial charge in [0, 0.05) is 26.1 Å². The molecule has 0 aliphatic carbocycles. The van der Waals surface area contributed by atoms with Crippen LogP contribution in [0.4, 0.5) is 0 Å². The Morgan fingerprint density at radius 1 is 1.09 bits per heavy atom. The Balaban J connectivity index is 2.72. The summed E-state index contributed by atoms with van der Waals surface area (Å²) in [7, 11) is -3.43. The van der Waals surface area contributed by atoms with Crippen molar-refractivity contribution in [3.63, 3.8) is 0 Å². The summed E-state index contributed by atoms with van der Waals surface area (Å²) in [5.74, 6) is -0.00246. The van der Waals surface area contributed by atoms with Crippen LogP contribution in [0.3, 0.4) is 0 Å². The summed E-state index contributed by atoms with van der Waals surface area (Å²) < 4.78 is 26.2. The van der Waals surface area contributed by atoms with Crippen molar-refractivity contribution < 1.29 is 13.2 Å². The molecule has 0 radical (unpaired) electrons. The van der Waals surface area contributed by atoms with Gasteiger partial charge in [-0.3, -0.25) is 4.79 Å². The van der Waals surface area contributed by atoms with Crippen molar-refractivity contribution in [2.75, 3.05) is 13.1 Å². The lowest BCUT2D eigenvalue weighted by Gasteiger charge is -2.19. The molecule has 0 spiro atoms. The highest BCUT2D eigenvalue weighted by Crippen LogP contribution is 2.18. The van der Waals surface area contributed by atoms with Crippen LogP contribution in [0.15, 0.2) is 29.2 Å². The largest absolute Gasteiger partial charge is 0.352 e. The number of amides is 1. The van der Waals surface area contributed by atoms with Gasteiger partial charge in [0.1, 0.15) is 0 Å². The number of benzene rings is 1. The summed E-state index contributed by atoms with van der Waals surface area (Å²) in [6, 6.07) is 6.68. The standard InChI is InChI=1S/C17H28N2O3S/c1-6-19(7-2)23(21,22)15-10-8-14(9-11-15)13-18-16(20)12-17(3,4)5/h8-11H,6-7,12-13H2,1-5H3,(H,18,20). The van der Waals surface area contributed by atoms with Gasteiger partial charge in [0.2, 0.25) is 15.9 Å². The minimum atomic E-state index is -3.43. The number of hydrogen-bond donors (Lipinski definition) is 1. The second-order valence-corrected chi connectivity index (χ2v) is 8.69. The van der Waals surface area contributed by atoms with Gasteiger partial charge < -0.3 is 5.32 Å². The molecule has 0 atom stereocenters. The topological polar surface area (TPSA) is 66.5 Å². The number of carbonyl (C=O) groups excluding carboxylic acids is 1. The third kappa shape index (κ3) is 5.95. The maximum atomic E-state index is 12.4. The molecule has 6 heteroatoms. The van der Waals surface area contributed by atoms with Crippen LogP contribution in [0.1, 0.15) is 46.6 Å². The first-order valence-corrected chi connectivity index (χ1v) is 9.40. The van der Waals surface area contributed by atoms with Gasteiger partial charge in [0.25, 0.3) is 0 Å². The Hall–Kier alpha value is -1.40. The van der Waals surface area contributed by atoms with Gasteiger partial charge in [-0.1, -0.05) is 46.8 Å². The zero-order valence-electron chi connectivity index (χ0n) is 14.7. The summed E-state index contributed by atoms with van der Waals surface area (Å²) in [6.07, 6.45) is 0.460. The quantitative estimate of drug-likeness (QED) is 0.830. The third-order valence-electron chi connectivity index (χ3n) is 3.45. The Morgan fingerprint density at radius 3 is 2.04 bits per heavy atom. The van der Waals surface area contributed by atoms with Crippen molar-refractivity contribution >= 4 is 15.9 Å². The van der Waals surface area contributed by atoms with Gasteiger partial charge in [0.15, 0.2) is 0 Å². The summed E-state index contributed by atoms with van der Waals surface area (Å²) in [5.41, 5.74) is 0.831. The number of hydrogen-bond acceptors (Lipinski definition) is 3. The highest BCUT2D eigenvalue weighted by Gasteiger charge is 2.21. The summed E-state index contributed by atoms with van der Waals surface area (Å²) in [4.78, 5) is 12.1. The lowest BCUT2D eigenvalue weighted by molar-refractivity contribution is -0.122. The first-order valence-electron chi connectivity index (χ1n) is 7.96. The molecule has 23 heavy (non-hydrogen) atoms. The predicted molar refractivity (Wildman–Crippen MR) is 92.5 cm³/mol. The Morgan fingerprint density at radius 2 is 1.61 bits per heavy atom. The Labute approximate surface area is 140 Å². The van der Waals surface area contributed by atoms with Crippen LogP contribution in [0.2, 0.25) is 0 Å². The number of sulfonamides is 1. The van der Waals surface area contributed by atoms with Crippen LogP contribution < -0.4 is 5.32 Å². The van der Waals surface area contributed by atoms with Crippen molar-refractivity contribution in [3.05, 3.63) is 29.8 Å². The molecule has 0 saturated carbocycles. The molecule has 0 heterocycles.